The van der Waals surface area contributed by atoms with E-state index in [2.05, 4.69) is 0 Å². The van der Waals surface area contributed by atoms with E-state index in [-0.39, 0.29) is 0 Å². The molecular formula is C19H22BFO4. The molecule has 2 aromatic rings. The van der Waals surface area contributed by atoms with E-state index in [1.807, 2.05) is 52.0 Å². The first kappa shape index (κ1) is 17.8. The molecule has 1 saturated heterocycles. The predicted molar refractivity (Wildman–Crippen MR) is 95.9 cm³/mol. The monoisotopic (exact) mass is 344 g/mol. The second kappa shape index (κ2) is 6.35. The summed E-state index contributed by atoms with van der Waals surface area (Å²) in [4.78, 5) is 0. The number of hydrogen-bond donors (Lipinski definition) is 0. The van der Waals surface area contributed by atoms with Gasteiger partial charge < -0.3 is 18.5 Å². The highest BCUT2D eigenvalue weighted by molar-refractivity contribution is 6.54. The molecule has 6 heteroatoms. The quantitative estimate of drug-likeness (QED) is 0.740. The van der Waals surface area contributed by atoms with Crippen LogP contribution < -0.4 is 4.74 Å². The third-order valence-corrected chi connectivity index (χ3v) is 4.74. The minimum atomic E-state index is -1.03. The van der Waals surface area contributed by atoms with E-state index in [0.717, 1.165) is 11.3 Å². The Kier molecular flexibility index (Phi) is 4.52. The van der Waals surface area contributed by atoms with Crippen molar-refractivity contribution in [3.63, 3.8) is 0 Å². The summed E-state index contributed by atoms with van der Waals surface area (Å²) in [6.45, 7) is 7.53. The fourth-order valence-corrected chi connectivity index (χ4v) is 2.52. The van der Waals surface area contributed by atoms with Gasteiger partial charge in [0.1, 0.15) is 23.0 Å². The number of methoxy groups -OCH3 is 1. The summed E-state index contributed by atoms with van der Waals surface area (Å²) in [5.74, 6) is 1.76. The summed E-state index contributed by atoms with van der Waals surface area (Å²) in [6, 6.07) is 11.0. The first-order valence-corrected chi connectivity index (χ1v) is 8.19. The molecule has 0 saturated carbocycles. The zero-order valence-corrected chi connectivity index (χ0v) is 15.1. The Bertz CT molecular complexity index is 778. The van der Waals surface area contributed by atoms with E-state index in [1.54, 1.807) is 19.2 Å². The topological polar surface area (TPSA) is 40.8 Å². The van der Waals surface area contributed by atoms with Gasteiger partial charge in [0, 0.05) is 11.6 Å². The standard InChI is InChI=1S/C19H22BFO4/c1-18(2)19(3,4)25-20(24-18)17(21)12-15-9-10-16(23-15)13-7-6-8-14(11-13)22-5/h6-12H,1-5H3. The summed E-state index contributed by atoms with van der Waals surface area (Å²) in [6.07, 6.45) is 1.30. The van der Waals surface area contributed by atoms with Gasteiger partial charge in [0.25, 0.3) is 0 Å². The Morgan fingerprint density at radius 3 is 2.40 bits per heavy atom. The third kappa shape index (κ3) is 3.50. The van der Waals surface area contributed by atoms with Crippen LogP contribution in [0.25, 0.3) is 17.4 Å². The molecule has 0 unspecified atom stereocenters. The molecule has 1 fully saturated rings. The van der Waals surface area contributed by atoms with E-state index >= 15 is 0 Å². The van der Waals surface area contributed by atoms with Crippen LogP contribution in [0.15, 0.2) is 46.5 Å². The smallest absolute Gasteiger partial charge is 0.497 e. The van der Waals surface area contributed by atoms with Crippen molar-refractivity contribution in [3.8, 4) is 17.1 Å². The molecule has 0 aliphatic carbocycles. The van der Waals surface area contributed by atoms with Crippen LogP contribution in [0.1, 0.15) is 33.5 Å². The Balaban J connectivity index is 1.80. The fraction of sp³-hybridized carbons (Fsp3) is 0.368. The molecule has 0 N–H and O–H groups in total. The second-order valence-electron chi connectivity index (χ2n) is 7.05. The first-order chi connectivity index (χ1) is 11.7. The SMILES string of the molecule is COc1cccc(-c2ccc(C=C(F)B3OC(C)(C)C(C)(C)O3)o2)c1. The maximum atomic E-state index is 14.5. The molecule has 4 nitrogen and oxygen atoms in total. The van der Waals surface area contributed by atoms with Crippen molar-refractivity contribution in [1.29, 1.82) is 0 Å². The zero-order chi connectivity index (χ0) is 18.2. The lowest BCUT2D eigenvalue weighted by molar-refractivity contribution is 0.00578. The predicted octanol–water partition coefficient (Wildman–Crippen LogP) is 4.90. The lowest BCUT2D eigenvalue weighted by Crippen LogP contribution is -2.41. The molecule has 3 rings (SSSR count). The van der Waals surface area contributed by atoms with Gasteiger partial charge in [-0.3, -0.25) is 0 Å². The van der Waals surface area contributed by atoms with Crippen LogP contribution in [0.4, 0.5) is 4.39 Å². The van der Waals surface area contributed by atoms with E-state index in [4.69, 9.17) is 18.5 Å². The highest BCUT2D eigenvalue weighted by atomic mass is 19.1. The van der Waals surface area contributed by atoms with Gasteiger partial charge in [0.2, 0.25) is 0 Å². The number of hydrogen-bond acceptors (Lipinski definition) is 4. The molecule has 0 atom stereocenters. The van der Waals surface area contributed by atoms with Crippen molar-refractivity contribution in [1.82, 2.24) is 0 Å². The van der Waals surface area contributed by atoms with Crippen molar-refractivity contribution in [3.05, 3.63) is 47.9 Å². The molecule has 1 aliphatic heterocycles. The number of ether oxygens (including phenoxy) is 1. The number of benzene rings is 1. The Labute approximate surface area is 147 Å². The van der Waals surface area contributed by atoms with Crippen molar-refractivity contribution in [2.75, 3.05) is 7.11 Å². The molecular weight excluding hydrogens is 322 g/mol. The van der Waals surface area contributed by atoms with Crippen LogP contribution in [0.2, 0.25) is 0 Å². The third-order valence-electron chi connectivity index (χ3n) is 4.74. The van der Waals surface area contributed by atoms with Crippen molar-refractivity contribution >= 4 is 13.2 Å². The first-order valence-electron chi connectivity index (χ1n) is 8.19. The molecule has 1 aliphatic rings. The lowest BCUT2D eigenvalue weighted by Gasteiger charge is -2.32. The molecule has 1 aromatic heterocycles. The second-order valence-corrected chi connectivity index (χ2v) is 7.05. The Morgan fingerprint density at radius 1 is 1.08 bits per heavy atom. The van der Waals surface area contributed by atoms with Gasteiger partial charge in [-0.25, -0.2) is 4.39 Å². The van der Waals surface area contributed by atoms with Crippen LogP contribution in [-0.2, 0) is 9.31 Å². The molecule has 132 valence electrons. The largest absolute Gasteiger partial charge is 0.525 e. The highest BCUT2D eigenvalue weighted by Gasteiger charge is 2.53. The summed E-state index contributed by atoms with van der Waals surface area (Å²) in [7, 11) is 0.574. The molecule has 0 radical (unpaired) electrons. The van der Waals surface area contributed by atoms with Crippen LogP contribution in [0.5, 0.6) is 5.75 Å². The van der Waals surface area contributed by atoms with Crippen LogP contribution in [-0.4, -0.2) is 25.4 Å². The van der Waals surface area contributed by atoms with E-state index in [9.17, 15) is 4.39 Å². The van der Waals surface area contributed by atoms with Crippen molar-refractivity contribution in [2.24, 2.45) is 0 Å². The van der Waals surface area contributed by atoms with Crippen LogP contribution >= 0.6 is 0 Å². The van der Waals surface area contributed by atoms with Gasteiger partial charge in [-0.1, -0.05) is 12.1 Å². The van der Waals surface area contributed by atoms with Crippen LogP contribution in [0, 0.1) is 0 Å². The minimum absolute atomic E-state index is 0.394. The van der Waals surface area contributed by atoms with Gasteiger partial charge >= 0.3 is 7.12 Å². The lowest BCUT2D eigenvalue weighted by atomic mass is 9.87. The summed E-state index contributed by atoms with van der Waals surface area (Å²) in [5.41, 5.74) is -0.838. The molecule has 25 heavy (non-hydrogen) atoms. The summed E-state index contributed by atoms with van der Waals surface area (Å²) >= 11 is 0. The van der Waals surface area contributed by atoms with Crippen LogP contribution in [0.3, 0.4) is 0 Å². The van der Waals surface area contributed by atoms with Gasteiger partial charge in [0.15, 0.2) is 0 Å². The maximum absolute atomic E-state index is 14.5. The average molecular weight is 344 g/mol. The average Bonchev–Trinajstić information content (AvgIpc) is 3.10. The molecule has 1 aromatic carbocycles. The molecule has 0 amide bonds. The Hall–Kier alpha value is -2.05. The highest BCUT2D eigenvalue weighted by Crippen LogP contribution is 2.39. The van der Waals surface area contributed by atoms with Crippen molar-refractivity contribution in [2.45, 2.75) is 38.9 Å². The molecule has 0 spiro atoms. The fourth-order valence-electron chi connectivity index (χ4n) is 2.52. The van der Waals surface area contributed by atoms with E-state index in [0.29, 0.717) is 11.5 Å². The summed E-state index contributed by atoms with van der Waals surface area (Å²) in [5, 5.41) is 0. The zero-order valence-electron chi connectivity index (χ0n) is 15.1. The van der Waals surface area contributed by atoms with Gasteiger partial charge in [0.05, 0.1) is 18.3 Å². The summed E-state index contributed by atoms with van der Waals surface area (Å²) < 4.78 is 36.9. The van der Waals surface area contributed by atoms with E-state index in [1.165, 1.54) is 6.08 Å². The van der Waals surface area contributed by atoms with Gasteiger partial charge in [-0.15, -0.1) is 0 Å². The van der Waals surface area contributed by atoms with Gasteiger partial charge in [-0.05, 0) is 52.0 Å². The maximum Gasteiger partial charge on any atom is 0.525 e. The molecule has 0 bridgehead atoms. The molecule has 2 heterocycles. The number of rotatable bonds is 4. The van der Waals surface area contributed by atoms with E-state index < -0.39 is 24.0 Å². The van der Waals surface area contributed by atoms with Gasteiger partial charge in [-0.2, -0.15) is 0 Å². The minimum Gasteiger partial charge on any atom is -0.497 e. The Morgan fingerprint density at radius 2 is 1.76 bits per heavy atom. The normalized spacial score (nSPS) is 19.3. The number of furan rings is 1. The number of halogens is 1. The van der Waals surface area contributed by atoms with Crippen molar-refractivity contribution < 1.29 is 22.9 Å².